The number of rotatable bonds is 4. The first-order chi connectivity index (χ1) is 15.5. The maximum absolute atomic E-state index is 13.3. The third kappa shape index (κ3) is 3.50. The Hall–Kier alpha value is -3.71. The molecule has 2 aromatic heterocycles. The lowest BCUT2D eigenvalue weighted by molar-refractivity contribution is 0.102. The zero-order valence-corrected chi connectivity index (χ0v) is 18.9. The summed E-state index contributed by atoms with van der Waals surface area (Å²) < 4.78 is 12.1. The summed E-state index contributed by atoms with van der Waals surface area (Å²) in [5.74, 6) is 0.660. The van der Waals surface area contributed by atoms with Crippen LogP contribution < -0.4 is 10.1 Å². The SMILES string of the molecule is COc1c(C(=O)Nc2cc(-c3nc4ncccc4o3)ccc2C)cc2ccccc2c1Br. The van der Waals surface area contributed by atoms with Crippen LogP contribution in [0.15, 0.2) is 75.8 Å². The van der Waals surface area contributed by atoms with E-state index in [1.54, 1.807) is 19.4 Å². The number of aryl methyl sites for hydroxylation is 1. The van der Waals surface area contributed by atoms with E-state index in [9.17, 15) is 4.79 Å². The van der Waals surface area contributed by atoms with Crippen LogP contribution in [0.5, 0.6) is 5.75 Å². The lowest BCUT2D eigenvalue weighted by atomic mass is 10.0. The summed E-state index contributed by atoms with van der Waals surface area (Å²) in [7, 11) is 1.55. The first-order valence-corrected chi connectivity index (χ1v) is 10.7. The Balaban J connectivity index is 1.53. The van der Waals surface area contributed by atoms with Crippen LogP contribution >= 0.6 is 15.9 Å². The Morgan fingerprint density at radius 1 is 1.09 bits per heavy atom. The Labute approximate surface area is 192 Å². The summed E-state index contributed by atoms with van der Waals surface area (Å²) in [4.78, 5) is 21.9. The number of carbonyl (C=O) groups excluding carboxylic acids is 1. The summed E-state index contributed by atoms with van der Waals surface area (Å²) in [5, 5.41) is 4.93. The molecule has 6 nitrogen and oxygen atoms in total. The molecule has 7 heteroatoms. The molecular formula is C25H18BrN3O3. The second kappa shape index (κ2) is 8.09. The van der Waals surface area contributed by atoms with Crippen molar-refractivity contribution in [2.75, 3.05) is 12.4 Å². The van der Waals surface area contributed by atoms with Gasteiger partial charge in [-0.15, -0.1) is 0 Å². The van der Waals surface area contributed by atoms with Crippen LogP contribution in [-0.2, 0) is 0 Å². The number of ether oxygens (including phenoxy) is 1. The largest absolute Gasteiger partial charge is 0.495 e. The molecule has 32 heavy (non-hydrogen) atoms. The molecule has 0 unspecified atom stereocenters. The number of anilines is 1. The number of methoxy groups -OCH3 is 1. The van der Waals surface area contributed by atoms with Crippen molar-refractivity contribution in [1.82, 2.24) is 9.97 Å². The summed E-state index contributed by atoms with van der Waals surface area (Å²) in [6.07, 6.45) is 1.67. The van der Waals surface area contributed by atoms with E-state index < -0.39 is 0 Å². The number of aromatic nitrogens is 2. The highest BCUT2D eigenvalue weighted by atomic mass is 79.9. The number of benzene rings is 3. The molecule has 0 atom stereocenters. The van der Waals surface area contributed by atoms with Gasteiger partial charge in [0.05, 0.1) is 17.1 Å². The molecule has 2 heterocycles. The van der Waals surface area contributed by atoms with Crippen LogP contribution in [0.1, 0.15) is 15.9 Å². The summed E-state index contributed by atoms with van der Waals surface area (Å²) >= 11 is 3.59. The number of hydrogen-bond donors (Lipinski definition) is 1. The first-order valence-electron chi connectivity index (χ1n) is 9.94. The zero-order valence-electron chi connectivity index (χ0n) is 17.3. The van der Waals surface area contributed by atoms with Crippen LogP contribution in [0.25, 0.3) is 33.5 Å². The van der Waals surface area contributed by atoms with Gasteiger partial charge in [0.2, 0.25) is 5.89 Å². The maximum atomic E-state index is 13.3. The fraction of sp³-hybridized carbons (Fsp3) is 0.0800. The van der Waals surface area contributed by atoms with Crippen molar-refractivity contribution >= 4 is 49.5 Å². The minimum atomic E-state index is -0.271. The maximum Gasteiger partial charge on any atom is 0.259 e. The minimum Gasteiger partial charge on any atom is -0.495 e. The van der Waals surface area contributed by atoms with Crippen LogP contribution in [0.2, 0.25) is 0 Å². The molecule has 1 N–H and O–H groups in total. The fourth-order valence-electron chi connectivity index (χ4n) is 3.62. The van der Waals surface area contributed by atoms with Gasteiger partial charge >= 0.3 is 0 Å². The number of oxazole rings is 1. The Morgan fingerprint density at radius 3 is 2.75 bits per heavy atom. The number of nitrogens with one attached hydrogen (secondary N) is 1. The predicted octanol–water partition coefficient (Wildman–Crippen LogP) is 6.37. The quantitative estimate of drug-likeness (QED) is 0.318. The van der Waals surface area contributed by atoms with Gasteiger partial charge in [-0.3, -0.25) is 4.79 Å². The molecule has 5 rings (SSSR count). The van der Waals surface area contributed by atoms with E-state index in [1.165, 1.54) is 0 Å². The highest BCUT2D eigenvalue weighted by molar-refractivity contribution is 9.10. The molecule has 0 saturated heterocycles. The van der Waals surface area contributed by atoms with Gasteiger partial charge in [-0.2, -0.15) is 4.98 Å². The molecule has 3 aromatic carbocycles. The predicted molar refractivity (Wildman–Crippen MR) is 128 cm³/mol. The fourth-order valence-corrected chi connectivity index (χ4v) is 4.36. The van der Waals surface area contributed by atoms with Crippen molar-refractivity contribution in [2.24, 2.45) is 0 Å². The van der Waals surface area contributed by atoms with E-state index in [0.717, 1.165) is 26.4 Å². The third-order valence-corrected chi connectivity index (χ3v) is 6.07. The number of nitrogens with zero attached hydrogens (tertiary/aromatic N) is 2. The van der Waals surface area contributed by atoms with Crippen LogP contribution in [0, 0.1) is 6.92 Å². The van der Waals surface area contributed by atoms with E-state index in [-0.39, 0.29) is 5.91 Å². The summed E-state index contributed by atoms with van der Waals surface area (Å²) in [6, 6.07) is 18.9. The average Bonchev–Trinajstić information content (AvgIpc) is 3.25. The van der Waals surface area contributed by atoms with Gasteiger partial charge in [-0.1, -0.05) is 30.3 Å². The normalized spacial score (nSPS) is 11.1. The standard InChI is InChI=1S/C25H18BrN3O3/c1-14-9-10-16(25-29-23-20(32-25)8-5-11-27-23)13-19(14)28-24(30)18-12-15-6-3-4-7-17(15)21(26)22(18)31-2/h3-13H,1-2H3,(H,28,30). The van der Waals surface area contributed by atoms with Gasteiger partial charge in [0.1, 0.15) is 5.75 Å². The molecule has 0 spiro atoms. The van der Waals surface area contributed by atoms with Gasteiger partial charge in [0, 0.05) is 17.4 Å². The van der Waals surface area contributed by atoms with Crippen molar-refractivity contribution in [2.45, 2.75) is 6.92 Å². The number of halogens is 1. The Kier molecular flexibility index (Phi) is 5.11. The van der Waals surface area contributed by atoms with E-state index in [1.807, 2.05) is 61.5 Å². The van der Waals surface area contributed by atoms with E-state index >= 15 is 0 Å². The molecule has 0 aliphatic rings. The summed E-state index contributed by atoms with van der Waals surface area (Å²) in [5.41, 5.74) is 3.91. The Bertz CT molecular complexity index is 1460. The molecule has 0 fully saturated rings. The van der Waals surface area contributed by atoms with Gasteiger partial charge in [0.15, 0.2) is 11.2 Å². The zero-order chi connectivity index (χ0) is 22.2. The van der Waals surface area contributed by atoms with Gasteiger partial charge in [0.25, 0.3) is 5.91 Å². The highest BCUT2D eigenvalue weighted by Crippen LogP contribution is 2.37. The lowest BCUT2D eigenvalue weighted by Crippen LogP contribution is -2.14. The molecule has 0 aliphatic heterocycles. The summed E-state index contributed by atoms with van der Waals surface area (Å²) in [6.45, 7) is 1.93. The molecule has 0 bridgehead atoms. The second-order valence-corrected chi connectivity index (χ2v) is 8.11. The third-order valence-electron chi connectivity index (χ3n) is 5.29. The highest BCUT2D eigenvalue weighted by Gasteiger charge is 2.19. The van der Waals surface area contributed by atoms with Gasteiger partial charge in [-0.25, -0.2) is 4.98 Å². The lowest BCUT2D eigenvalue weighted by Gasteiger charge is -2.15. The topological polar surface area (TPSA) is 77.2 Å². The van der Waals surface area contributed by atoms with Crippen molar-refractivity contribution in [3.63, 3.8) is 0 Å². The minimum absolute atomic E-state index is 0.271. The molecule has 0 saturated carbocycles. The molecular weight excluding hydrogens is 470 g/mol. The van der Waals surface area contributed by atoms with E-state index in [4.69, 9.17) is 9.15 Å². The van der Waals surface area contributed by atoms with Gasteiger partial charge < -0.3 is 14.5 Å². The van der Waals surface area contributed by atoms with Crippen molar-refractivity contribution < 1.29 is 13.9 Å². The number of carbonyl (C=O) groups is 1. The Morgan fingerprint density at radius 2 is 1.94 bits per heavy atom. The van der Waals surface area contributed by atoms with E-state index in [0.29, 0.717) is 34.1 Å². The molecule has 0 radical (unpaired) electrons. The number of amides is 1. The molecule has 1 amide bonds. The molecule has 0 aliphatic carbocycles. The smallest absolute Gasteiger partial charge is 0.259 e. The second-order valence-electron chi connectivity index (χ2n) is 7.32. The number of hydrogen-bond acceptors (Lipinski definition) is 5. The molecule has 158 valence electrons. The first kappa shape index (κ1) is 20.2. The number of fused-ring (bicyclic) bond motifs is 2. The number of pyridine rings is 1. The van der Waals surface area contributed by atoms with Crippen molar-refractivity contribution in [3.05, 3.63) is 82.5 Å². The van der Waals surface area contributed by atoms with Crippen LogP contribution in [0.4, 0.5) is 5.69 Å². The van der Waals surface area contributed by atoms with E-state index in [2.05, 4.69) is 31.2 Å². The van der Waals surface area contributed by atoms with Crippen molar-refractivity contribution in [1.29, 1.82) is 0 Å². The van der Waals surface area contributed by atoms with Crippen LogP contribution in [0.3, 0.4) is 0 Å². The average molecular weight is 488 g/mol. The monoisotopic (exact) mass is 487 g/mol. The molecule has 5 aromatic rings. The van der Waals surface area contributed by atoms with Crippen molar-refractivity contribution in [3.8, 4) is 17.2 Å². The van der Waals surface area contributed by atoms with Crippen LogP contribution in [-0.4, -0.2) is 23.0 Å². The van der Waals surface area contributed by atoms with Gasteiger partial charge in [-0.05, 0) is 69.5 Å².